The summed E-state index contributed by atoms with van der Waals surface area (Å²) in [4.78, 5) is 16.3. The maximum Gasteiger partial charge on any atom is 0.260 e. The van der Waals surface area contributed by atoms with Crippen LogP contribution in [0.5, 0.6) is 0 Å². The van der Waals surface area contributed by atoms with Gasteiger partial charge in [0.05, 0.1) is 11.3 Å². The van der Waals surface area contributed by atoms with E-state index in [2.05, 4.69) is 4.98 Å². The highest BCUT2D eigenvalue weighted by Crippen LogP contribution is 2.42. The van der Waals surface area contributed by atoms with E-state index >= 15 is 0 Å². The highest BCUT2D eigenvalue weighted by atomic mass is 32.1. The highest BCUT2D eigenvalue weighted by Gasteiger charge is 2.24. The van der Waals surface area contributed by atoms with Gasteiger partial charge in [-0.2, -0.15) is 5.26 Å². The zero-order valence-corrected chi connectivity index (χ0v) is 12.3. The molecular weight excluding hydrogens is 302 g/mol. The summed E-state index contributed by atoms with van der Waals surface area (Å²) in [5.74, 6) is 0.510. The average molecular weight is 313 g/mol. The number of nitrogen functional groups attached to an aromatic ring is 2. The molecule has 0 saturated carbocycles. The second-order valence-corrected chi connectivity index (χ2v) is 5.66. The summed E-state index contributed by atoms with van der Waals surface area (Å²) in [5.41, 5.74) is 18.0. The SMILES string of the molecule is Cc1ccc(-c2c(C#N)c(N)nc3sc(C(N)=O)c(N)c23)o1. The van der Waals surface area contributed by atoms with E-state index in [0.29, 0.717) is 27.3 Å². The van der Waals surface area contributed by atoms with Crippen molar-refractivity contribution in [3.8, 4) is 17.4 Å². The quantitative estimate of drug-likeness (QED) is 0.659. The molecule has 0 spiro atoms. The Morgan fingerprint density at radius 3 is 2.68 bits per heavy atom. The van der Waals surface area contributed by atoms with E-state index in [-0.39, 0.29) is 21.9 Å². The van der Waals surface area contributed by atoms with E-state index in [1.165, 1.54) is 0 Å². The molecule has 3 rings (SSSR count). The Balaban J connectivity index is 2.51. The fraction of sp³-hybridized carbons (Fsp3) is 0.0714. The van der Waals surface area contributed by atoms with Crippen molar-refractivity contribution in [1.82, 2.24) is 4.98 Å². The maximum absolute atomic E-state index is 11.5. The van der Waals surface area contributed by atoms with Crippen LogP contribution in [0.1, 0.15) is 21.0 Å². The number of furan rings is 1. The van der Waals surface area contributed by atoms with Gasteiger partial charge in [-0.05, 0) is 19.1 Å². The molecule has 3 aromatic rings. The van der Waals surface area contributed by atoms with Crippen molar-refractivity contribution in [1.29, 1.82) is 5.26 Å². The number of nitrogens with two attached hydrogens (primary N) is 3. The van der Waals surface area contributed by atoms with Gasteiger partial charge in [0.25, 0.3) is 5.91 Å². The number of carbonyl (C=O) groups excluding carboxylic acids is 1. The van der Waals surface area contributed by atoms with E-state index in [1.54, 1.807) is 19.1 Å². The third kappa shape index (κ3) is 1.88. The van der Waals surface area contributed by atoms with Crippen molar-refractivity contribution < 1.29 is 9.21 Å². The summed E-state index contributed by atoms with van der Waals surface area (Å²) in [5, 5.41) is 9.85. The fourth-order valence-electron chi connectivity index (χ4n) is 2.28. The molecule has 110 valence electrons. The zero-order valence-electron chi connectivity index (χ0n) is 11.5. The van der Waals surface area contributed by atoms with E-state index < -0.39 is 5.91 Å². The van der Waals surface area contributed by atoms with Crippen LogP contribution >= 0.6 is 11.3 Å². The number of rotatable bonds is 2. The van der Waals surface area contributed by atoms with Gasteiger partial charge in [0.1, 0.15) is 38.7 Å². The fourth-order valence-corrected chi connectivity index (χ4v) is 3.25. The molecule has 3 aromatic heterocycles. The minimum Gasteiger partial charge on any atom is -0.461 e. The lowest BCUT2D eigenvalue weighted by Crippen LogP contribution is -2.10. The molecule has 0 aliphatic heterocycles. The molecular formula is C14H11N5O2S. The maximum atomic E-state index is 11.5. The molecule has 8 heteroatoms. The molecule has 0 radical (unpaired) electrons. The second kappa shape index (κ2) is 4.75. The van der Waals surface area contributed by atoms with Gasteiger partial charge in [0.2, 0.25) is 0 Å². The first-order chi connectivity index (χ1) is 10.4. The first-order valence-corrected chi connectivity index (χ1v) is 7.03. The molecule has 3 heterocycles. The summed E-state index contributed by atoms with van der Waals surface area (Å²) in [6, 6.07) is 5.49. The number of fused-ring (bicyclic) bond motifs is 1. The minimum atomic E-state index is -0.654. The molecule has 0 atom stereocenters. The smallest absolute Gasteiger partial charge is 0.260 e. The van der Waals surface area contributed by atoms with Crippen molar-refractivity contribution in [2.75, 3.05) is 11.5 Å². The van der Waals surface area contributed by atoms with Crippen molar-refractivity contribution >= 4 is 39.0 Å². The van der Waals surface area contributed by atoms with Gasteiger partial charge < -0.3 is 21.6 Å². The molecule has 0 aliphatic carbocycles. The molecule has 6 N–H and O–H groups in total. The third-order valence-electron chi connectivity index (χ3n) is 3.23. The lowest BCUT2D eigenvalue weighted by atomic mass is 10.0. The van der Waals surface area contributed by atoms with Crippen LogP contribution in [0, 0.1) is 18.3 Å². The van der Waals surface area contributed by atoms with E-state index in [1.807, 2.05) is 6.07 Å². The second-order valence-electron chi connectivity index (χ2n) is 4.66. The molecule has 22 heavy (non-hydrogen) atoms. The van der Waals surface area contributed by atoms with E-state index in [4.69, 9.17) is 21.6 Å². The van der Waals surface area contributed by atoms with Crippen LogP contribution in [-0.2, 0) is 0 Å². The van der Waals surface area contributed by atoms with Gasteiger partial charge in [-0.25, -0.2) is 4.98 Å². The number of carbonyl (C=O) groups is 1. The number of aromatic nitrogens is 1. The Morgan fingerprint density at radius 1 is 1.41 bits per heavy atom. The lowest BCUT2D eigenvalue weighted by Gasteiger charge is -2.06. The topological polar surface area (TPSA) is 145 Å². The van der Waals surface area contributed by atoms with Crippen molar-refractivity contribution in [3.05, 3.63) is 28.3 Å². The summed E-state index contributed by atoms with van der Waals surface area (Å²) in [6.07, 6.45) is 0. The number of pyridine rings is 1. The van der Waals surface area contributed by atoms with Crippen LogP contribution in [0.15, 0.2) is 16.5 Å². The van der Waals surface area contributed by atoms with E-state index in [9.17, 15) is 10.1 Å². The van der Waals surface area contributed by atoms with Gasteiger partial charge in [-0.1, -0.05) is 0 Å². The standard InChI is InChI=1S/C14H11N5O2S/c1-5-2-3-7(21-5)8-6(4-15)12(17)19-14-9(8)10(16)11(22-14)13(18)20/h2-3H,16H2,1H3,(H2,17,19)(H2,18,20). The number of hydrogen-bond acceptors (Lipinski definition) is 7. The minimum absolute atomic E-state index is 0.0522. The Kier molecular flexibility index (Phi) is 3.00. The summed E-state index contributed by atoms with van der Waals surface area (Å²) >= 11 is 1.04. The first kappa shape index (κ1) is 13.9. The number of primary amides is 1. The largest absolute Gasteiger partial charge is 0.461 e. The average Bonchev–Trinajstić information content (AvgIpc) is 3.02. The highest BCUT2D eigenvalue weighted by molar-refractivity contribution is 7.21. The van der Waals surface area contributed by atoms with Gasteiger partial charge in [-0.3, -0.25) is 4.79 Å². The number of hydrogen-bond donors (Lipinski definition) is 3. The predicted molar refractivity (Wildman–Crippen MR) is 84.1 cm³/mol. The summed E-state index contributed by atoms with van der Waals surface area (Å²) in [7, 11) is 0. The van der Waals surface area contributed by atoms with Crippen molar-refractivity contribution in [2.24, 2.45) is 5.73 Å². The Labute approximate surface area is 128 Å². The van der Waals surface area contributed by atoms with Gasteiger partial charge in [0.15, 0.2) is 0 Å². The third-order valence-corrected chi connectivity index (χ3v) is 4.34. The van der Waals surface area contributed by atoms with Crippen LogP contribution < -0.4 is 17.2 Å². The molecule has 7 nitrogen and oxygen atoms in total. The predicted octanol–water partition coefficient (Wildman–Crippen LogP) is 2.00. The van der Waals surface area contributed by atoms with Crippen LogP contribution in [0.2, 0.25) is 0 Å². The van der Waals surface area contributed by atoms with Gasteiger partial charge in [-0.15, -0.1) is 11.3 Å². The number of aryl methyl sites for hydroxylation is 1. The summed E-state index contributed by atoms with van der Waals surface area (Å²) < 4.78 is 5.60. The number of amides is 1. The first-order valence-electron chi connectivity index (χ1n) is 6.22. The summed E-state index contributed by atoms with van der Waals surface area (Å²) in [6.45, 7) is 1.78. The van der Waals surface area contributed by atoms with Crippen molar-refractivity contribution in [3.63, 3.8) is 0 Å². The van der Waals surface area contributed by atoms with E-state index in [0.717, 1.165) is 11.3 Å². The normalized spacial score (nSPS) is 10.7. The van der Waals surface area contributed by atoms with Gasteiger partial charge in [0, 0.05) is 5.39 Å². The van der Waals surface area contributed by atoms with Gasteiger partial charge >= 0.3 is 0 Å². The Hall–Kier alpha value is -3.05. The monoisotopic (exact) mass is 313 g/mol. The molecule has 0 saturated heterocycles. The molecule has 0 aromatic carbocycles. The zero-order chi connectivity index (χ0) is 16.0. The van der Waals surface area contributed by atoms with Crippen molar-refractivity contribution in [2.45, 2.75) is 6.92 Å². The molecule has 0 aliphatic rings. The number of nitrogens with zero attached hydrogens (tertiary/aromatic N) is 2. The molecule has 0 bridgehead atoms. The lowest BCUT2D eigenvalue weighted by molar-refractivity contribution is 0.100. The molecule has 1 amide bonds. The van der Waals surface area contributed by atoms with Crippen LogP contribution in [0.3, 0.4) is 0 Å². The number of thiophene rings is 1. The number of nitriles is 1. The molecule has 0 unspecified atom stereocenters. The Morgan fingerprint density at radius 2 is 2.14 bits per heavy atom. The van der Waals surface area contributed by atoms with Crippen LogP contribution in [0.4, 0.5) is 11.5 Å². The Bertz CT molecular complexity index is 964. The van der Waals surface area contributed by atoms with Crippen LogP contribution in [-0.4, -0.2) is 10.9 Å². The van der Waals surface area contributed by atoms with Crippen LogP contribution in [0.25, 0.3) is 21.5 Å². The molecule has 0 fully saturated rings. The number of anilines is 2.